The van der Waals surface area contributed by atoms with Crippen LogP contribution in [-0.4, -0.2) is 12.5 Å². The van der Waals surface area contributed by atoms with Crippen molar-refractivity contribution >= 4 is 17.3 Å². The van der Waals surface area contributed by atoms with Crippen molar-refractivity contribution in [2.75, 3.05) is 17.2 Å². The maximum atomic E-state index is 12.4. The first-order valence-corrected chi connectivity index (χ1v) is 6.30. The number of anilines is 2. The summed E-state index contributed by atoms with van der Waals surface area (Å²) in [6.07, 6.45) is 2.39. The molecule has 2 rings (SSSR count). The predicted molar refractivity (Wildman–Crippen MR) is 70.8 cm³/mol. The lowest BCUT2D eigenvalue weighted by molar-refractivity contribution is -0.122. The number of nitrogen functional groups attached to an aromatic ring is 1. The minimum atomic E-state index is 0.136. The summed E-state index contributed by atoms with van der Waals surface area (Å²) in [6, 6.07) is 7.53. The average Bonchev–Trinajstić information content (AvgIpc) is 3.13. The summed E-state index contributed by atoms with van der Waals surface area (Å²) < 4.78 is 0. The van der Waals surface area contributed by atoms with Crippen molar-refractivity contribution < 1.29 is 4.79 Å². The summed E-state index contributed by atoms with van der Waals surface area (Å²) in [5.74, 6) is 0.953. The first-order valence-electron chi connectivity index (χ1n) is 6.30. The number of rotatable bonds is 4. The molecule has 1 aromatic carbocycles. The smallest absolute Gasteiger partial charge is 0.230 e. The van der Waals surface area contributed by atoms with Gasteiger partial charge in [0.25, 0.3) is 0 Å². The van der Waals surface area contributed by atoms with Crippen molar-refractivity contribution in [1.82, 2.24) is 0 Å². The van der Waals surface area contributed by atoms with Crippen molar-refractivity contribution in [3.8, 4) is 0 Å². The molecule has 1 aromatic rings. The second-order valence-electron chi connectivity index (χ2n) is 4.80. The number of amides is 1. The Morgan fingerprint density at radius 3 is 2.76 bits per heavy atom. The van der Waals surface area contributed by atoms with Gasteiger partial charge < -0.3 is 10.6 Å². The van der Waals surface area contributed by atoms with Crippen molar-refractivity contribution in [1.29, 1.82) is 0 Å². The lowest BCUT2D eigenvalue weighted by Crippen LogP contribution is -2.35. The summed E-state index contributed by atoms with van der Waals surface area (Å²) in [6.45, 7) is 4.73. The molecule has 1 amide bonds. The van der Waals surface area contributed by atoms with Gasteiger partial charge in [-0.2, -0.15) is 0 Å². The molecule has 0 aliphatic heterocycles. The van der Waals surface area contributed by atoms with E-state index in [2.05, 4.69) is 0 Å². The van der Waals surface area contributed by atoms with E-state index in [1.165, 1.54) is 12.8 Å². The molecule has 1 saturated carbocycles. The van der Waals surface area contributed by atoms with Gasteiger partial charge in [-0.25, -0.2) is 0 Å². The molecule has 1 unspecified atom stereocenters. The number of hydrogen-bond acceptors (Lipinski definition) is 2. The van der Waals surface area contributed by atoms with Gasteiger partial charge in [0.15, 0.2) is 0 Å². The highest BCUT2D eigenvalue weighted by Crippen LogP contribution is 2.38. The molecule has 1 aliphatic rings. The number of nitrogens with two attached hydrogens (primary N) is 1. The number of benzene rings is 1. The van der Waals surface area contributed by atoms with Gasteiger partial charge in [-0.1, -0.05) is 13.0 Å². The van der Waals surface area contributed by atoms with E-state index in [1.54, 1.807) is 0 Å². The molecule has 3 heteroatoms. The zero-order valence-electron chi connectivity index (χ0n) is 10.5. The predicted octanol–water partition coefficient (Wildman–Crippen LogP) is 2.67. The summed E-state index contributed by atoms with van der Waals surface area (Å²) in [4.78, 5) is 14.2. The van der Waals surface area contributed by atoms with Crippen LogP contribution in [0.3, 0.4) is 0 Å². The van der Waals surface area contributed by atoms with Crippen LogP contribution in [0, 0.1) is 11.8 Å². The van der Waals surface area contributed by atoms with Crippen LogP contribution in [0.2, 0.25) is 0 Å². The van der Waals surface area contributed by atoms with Gasteiger partial charge in [-0.15, -0.1) is 0 Å². The third kappa shape index (κ3) is 2.60. The Morgan fingerprint density at radius 1 is 1.53 bits per heavy atom. The van der Waals surface area contributed by atoms with Crippen LogP contribution in [0.4, 0.5) is 11.4 Å². The molecule has 0 radical (unpaired) electrons. The van der Waals surface area contributed by atoms with Gasteiger partial charge in [0.2, 0.25) is 5.91 Å². The summed E-state index contributed by atoms with van der Waals surface area (Å²) in [5, 5.41) is 0. The van der Waals surface area contributed by atoms with Crippen molar-refractivity contribution in [2.45, 2.75) is 26.7 Å². The average molecular weight is 232 g/mol. The highest BCUT2D eigenvalue weighted by Gasteiger charge is 2.34. The quantitative estimate of drug-likeness (QED) is 0.811. The van der Waals surface area contributed by atoms with E-state index in [1.807, 2.05) is 43.0 Å². The Labute approximate surface area is 103 Å². The topological polar surface area (TPSA) is 46.3 Å². The Kier molecular flexibility index (Phi) is 3.36. The minimum absolute atomic E-state index is 0.136. The number of carbonyl (C=O) groups excluding carboxylic acids is 1. The second kappa shape index (κ2) is 4.78. The Hall–Kier alpha value is -1.51. The Morgan fingerprint density at radius 2 is 2.24 bits per heavy atom. The molecule has 0 aromatic heterocycles. The monoisotopic (exact) mass is 232 g/mol. The lowest BCUT2D eigenvalue weighted by Gasteiger charge is -2.24. The lowest BCUT2D eigenvalue weighted by atomic mass is 10.0. The molecule has 0 heterocycles. The molecule has 0 saturated heterocycles. The van der Waals surface area contributed by atoms with Crippen LogP contribution in [0.25, 0.3) is 0 Å². The van der Waals surface area contributed by atoms with Crippen molar-refractivity contribution in [3.05, 3.63) is 24.3 Å². The standard InChI is InChI=1S/C14H20N2O/c1-3-16(13-6-4-5-12(15)9-13)14(17)10(2)11-7-8-11/h4-6,9-11H,3,7-8,15H2,1-2H3. The Balaban J connectivity index is 2.17. The zero-order chi connectivity index (χ0) is 12.4. The second-order valence-corrected chi connectivity index (χ2v) is 4.80. The fourth-order valence-corrected chi connectivity index (χ4v) is 2.20. The van der Waals surface area contributed by atoms with E-state index < -0.39 is 0 Å². The molecule has 0 bridgehead atoms. The Bertz CT molecular complexity index is 412. The SMILES string of the molecule is CCN(C(=O)C(C)C1CC1)c1cccc(N)c1. The van der Waals surface area contributed by atoms with E-state index in [9.17, 15) is 4.79 Å². The van der Waals surface area contributed by atoms with Gasteiger partial charge in [0.1, 0.15) is 0 Å². The van der Waals surface area contributed by atoms with Crippen LogP contribution in [0.1, 0.15) is 26.7 Å². The molecule has 3 nitrogen and oxygen atoms in total. The number of carbonyl (C=O) groups is 1. The first-order chi connectivity index (χ1) is 8.13. The largest absolute Gasteiger partial charge is 0.399 e. The van der Waals surface area contributed by atoms with Crippen molar-refractivity contribution in [3.63, 3.8) is 0 Å². The first kappa shape index (κ1) is 12.0. The van der Waals surface area contributed by atoms with Crippen LogP contribution in [0.5, 0.6) is 0 Å². The summed E-state index contributed by atoms with van der Waals surface area (Å²) >= 11 is 0. The van der Waals surface area contributed by atoms with Gasteiger partial charge in [0, 0.05) is 23.8 Å². The maximum Gasteiger partial charge on any atom is 0.230 e. The molecular formula is C14H20N2O. The molecular weight excluding hydrogens is 212 g/mol. The third-order valence-electron chi connectivity index (χ3n) is 3.48. The number of nitrogens with zero attached hydrogens (tertiary/aromatic N) is 1. The van der Waals surface area contributed by atoms with Crippen LogP contribution in [0.15, 0.2) is 24.3 Å². The number of hydrogen-bond donors (Lipinski definition) is 1. The van der Waals surface area contributed by atoms with Crippen LogP contribution < -0.4 is 10.6 Å². The normalized spacial score (nSPS) is 16.6. The third-order valence-corrected chi connectivity index (χ3v) is 3.48. The van der Waals surface area contributed by atoms with Gasteiger partial charge in [0.05, 0.1) is 0 Å². The fraction of sp³-hybridized carbons (Fsp3) is 0.500. The van der Waals surface area contributed by atoms with E-state index >= 15 is 0 Å². The van der Waals surface area contributed by atoms with E-state index in [0.29, 0.717) is 18.2 Å². The molecule has 1 atom stereocenters. The molecule has 1 fully saturated rings. The van der Waals surface area contributed by atoms with Gasteiger partial charge in [-0.05, 0) is 43.9 Å². The minimum Gasteiger partial charge on any atom is -0.399 e. The van der Waals surface area contributed by atoms with Gasteiger partial charge >= 0.3 is 0 Å². The van der Waals surface area contributed by atoms with Crippen LogP contribution >= 0.6 is 0 Å². The highest BCUT2D eigenvalue weighted by atomic mass is 16.2. The van der Waals surface area contributed by atoms with Crippen LogP contribution in [-0.2, 0) is 4.79 Å². The molecule has 2 N–H and O–H groups in total. The zero-order valence-corrected chi connectivity index (χ0v) is 10.5. The summed E-state index contributed by atoms with van der Waals surface area (Å²) in [5.41, 5.74) is 7.37. The van der Waals surface area contributed by atoms with E-state index in [-0.39, 0.29) is 11.8 Å². The van der Waals surface area contributed by atoms with E-state index in [0.717, 1.165) is 5.69 Å². The van der Waals surface area contributed by atoms with E-state index in [4.69, 9.17) is 5.73 Å². The molecule has 92 valence electrons. The molecule has 0 spiro atoms. The fourth-order valence-electron chi connectivity index (χ4n) is 2.20. The van der Waals surface area contributed by atoms with Crippen molar-refractivity contribution in [2.24, 2.45) is 11.8 Å². The maximum absolute atomic E-state index is 12.4. The van der Waals surface area contributed by atoms with Gasteiger partial charge in [-0.3, -0.25) is 4.79 Å². The highest BCUT2D eigenvalue weighted by molar-refractivity contribution is 5.95. The molecule has 1 aliphatic carbocycles. The summed E-state index contributed by atoms with van der Waals surface area (Å²) in [7, 11) is 0. The molecule has 17 heavy (non-hydrogen) atoms.